The Morgan fingerprint density at radius 3 is 2.50 bits per heavy atom. The maximum atomic E-state index is 14.3. The molecule has 5 heterocycles. The summed E-state index contributed by atoms with van der Waals surface area (Å²) in [7, 11) is 0. The number of likely N-dealkylation sites (tertiary alicyclic amines) is 1. The normalized spacial score (nSPS) is 32.0. The first-order valence-corrected chi connectivity index (χ1v) is 15.0. The van der Waals surface area contributed by atoms with Gasteiger partial charge in [-0.25, -0.2) is 0 Å². The Kier molecular flexibility index (Phi) is 8.10. The summed E-state index contributed by atoms with van der Waals surface area (Å²) in [5, 5.41) is 10.1. The van der Waals surface area contributed by atoms with Gasteiger partial charge in [0.2, 0.25) is 17.7 Å². The van der Waals surface area contributed by atoms with Gasteiger partial charge >= 0.3 is 0 Å². The molecule has 3 amide bonds. The van der Waals surface area contributed by atoms with Crippen LogP contribution in [-0.4, -0.2) is 127 Å². The van der Waals surface area contributed by atoms with Crippen LogP contribution in [0.25, 0.3) is 0 Å². The first-order valence-electron chi connectivity index (χ1n) is 15.0. The molecular weight excluding hydrogens is 540 g/mol. The van der Waals surface area contributed by atoms with Crippen LogP contribution in [0.1, 0.15) is 13.8 Å². The number of carbonyl (C=O) groups is 3. The lowest BCUT2D eigenvalue weighted by atomic mass is 9.77. The average Bonchev–Trinajstić information content (AvgIpc) is 3.33. The number of aliphatic hydroxyl groups is 1. The smallest absolute Gasteiger partial charge is 0.249 e. The van der Waals surface area contributed by atoms with Crippen LogP contribution in [0.2, 0.25) is 0 Å². The lowest BCUT2D eigenvalue weighted by molar-refractivity contribution is -0.150. The predicted molar refractivity (Wildman–Crippen MR) is 154 cm³/mol. The molecule has 1 spiro atoms. The molecule has 6 rings (SSSR count). The fourth-order valence-corrected chi connectivity index (χ4v) is 7.09. The summed E-state index contributed by atoms with van der Waals surface area (Å²) in [6.45, 7) is 8.73. The largest absolute Gasteiger partial charge is 0.494 e. The summed E-state index contributed by atoms with van der Waals surface area (Å²) >= 11 is 0. The van der Waals surface area contributed by atoms with E-state index in [1.807, 2.05) is 55.5 Å². The van der Waals surface area contributed by atoms with E-state index in [1.165, 1.54) is 4.90 Å². The van der Waals surface area contributed by atoms with E-state index in [0.717, 1.165) is 13.1 Å². The van der Waals surface area contributed by atoms with Crippen molar-refractivity contribution in [1.29, 1.82) is 0 Å². The molecule has 5 aliphatic heterocycles. The van der Waals surface area contributed by atoms with Gasteiger partial charge in [-0.15, -0.1) is 0 Å². The second-order valence-corrected chi connectivity index (χ2v) is 11.6. The monoisotopic (exact) mass is 580 g/mol. The first kappa shape index (κ1) is 28.9. The minimum Gasteiger partial charge on any atom is -0.494 e. The van der Waals surface area contributed by atoms with Gasteiger partial charge in [-0.05, 0) is 38.1 Å². The molecule has 6 atom stereocenters. The highest BCUT2D eigenvalue weighted by molar-refractivity contribution is 6.04. The highest BCUT2D eigenvalue weighted by atomic mass is 16.5. The Labute approximate surface area is 246 Å². The zero-order valence-electron chi connectivity index (χ0n) is 24.3. The van der Waals surface area contributed by atoms with Gasteiger partial charge in [-0.2, -0.15) is 0 Å². The van der Waals surface area contributed by atoms with Crippen LogP contribution in [0.4, 0.5) is 5.69 Å². The molecular formula is C31H40N4O7. The van der Waals surface area contributed by atoms with E-state index in [2.05, 4.69) is 4.90 Å². The molecule has 42 heavy (non-hydrogen) atoms. The molecule has 226 valence electrons. The van der Waals surface area contributed by atoms with Crippen molar-refractivity contribution in [1.82, 2.24) is 14.7 Å². The van der Waals surface area contributed by atoms with Crippen LogP contribution in [0.5, 0.6) is 5.75 Å². The molecule has 3 saturated heterocycles. The Morgan fingerprint density at radius 2 is 1.79 bits per heavy atom. The topological polar surface area (TPSA) is 112 Å². The summed E-state index contributed by atoms with van der Waals surface area (Å²) in [6.07, 6.45) is 6.82. The van der Waals surface area contributed by atoms with Crippen LogP contribution in [0.15, 0.2) is 48.6 Å². The van der Waals surface area contributed by atoms with E-state index < -0.39 is 35.6 Å². The van der Waals surface area contributed by atoms with Crippen LogP contribution >= 0.6 is 0 Å². The number of fused-ring (bicyclic) bond motifs is 2. The first-order chi connectivity index (χ1) is 20.4. The van der Waals surface area contributed by atoms with Crippen molar-refractivity contribution in [3.63, 3.8) is 0 Å². The summed E-state index contributed by atoms with van der Waals surface area (Å²) in [4.78, 5) is 50.0. The van der Waals surface area contributed by atoms with E-state index in [0.29, 0.717) is 57.4 Å². The number of benzene rings is 1. The molecule has 5 aliphatic rings. The highest BCUT2D eigenvalue weighted by Crippen LogP contribution is 2.54. The number of hydrogen-bond donors (Lipinski definition) is 1. The lowest BCUT2D eigenvalue weighted by Crippen LogP contribution is -2.58. The minimum atomic E-state index is -1.32. The second-order valence-electron chi connectivity index (χ2n) is 11.6. The van der Waals surface area contributed by atoms with Crippen molar-refractivity contribution in [2.75, 3.05) is 70.6 Å². The summed E-state index contributed by atoms with van der Waals surface area (Å²) in [6, 6.07) is 5.72. The summed E-state index contributed by atoms with van der Waals surface area (Å²) in [5.74, 6) is -1.79. The Bertz CT molecular complexity index is 1250. The molecule has 3 fully saturated rings. The van der Waals surface area contributed by atoms with Gasteiger partial charge in [0.05, 0.1) is 50.4 Å². The fraction of sp³-hybridized carbons (Fsp3) is 0.581. The van der Waals surface area contributed by atoms with Crippen molar-refractivity contribution in [2.24, 2.45) is 11.8 Å². The summed E-state index contributed by atoms with van der Waals surface area (Å²) < 4.78 is 17.7. The maximum absolute atomic E-state index is 14.3. The van der Waals surface area contributed by atoms with E-state index >= 15 is 0 Å². The maximum Gasteiger partial charge on any atom is 0.249 e. The molecule has 1 aromatic rings. The molecule has 0 aromatic heterocycles. The van der Waals surface area contributed by atoms with Crippen LogP contribution in [0, 0.1) is 11.8 Å². The van der Waals surface area contributed by atoms with Gasteiger partial charge in [0, 0.05) is 45.0 Å². The SMILES string of the molecule is CCOc1ccc(N2CC=C[C@@H]3O[C@]45C=CCN(CCN6CCOCC6)C(=O)C4N([C@H](C)CO)C(=O)[C@@H]5[C@@H]3C2=O)cc1. The van der Waals surface area contributed by atoms with Gasteiger partial charge in [0.15, 0.2) is 0 Å². The lowest BCUT2D eigenvalue weighted by Gasteiger charge is -2.38. The van der Waals surface area contributed by atoms with Gasteiger partial charge in [-0.3, -0.25) is 19.3 Å². The third-order valence-corrected chi connectivity index (χ3v) is 9.17. The second kappa shape index (κ2) is 11.8. The molecule has 11 heteroatoms. The van der Waals surface area contributed by atoms with E-state index in [1.54, 1.807) is 16.7 Å². The standard InChI is InChI=1S/C31H40N4O7/c1-3-41-23-9-7-22(8-10-23)34-13-4-6-24-25(28(34)37)26-29(38)35(21(2)20-36)27-30(39)33(12-5-11-31(26,27)42-24)15-14-32-16-18-40-19-17-32/h4-11,21,24-27,36H,3,12-20H2,1-2H3/t21-,24+,25-,26+,27?,31+/m1/s1. The number of morpholine rings is 1. The molecule has 11 nitrogen and oxygen atoms in total. The Morgan fingerprint density at radius 1 is 1.02 bits per heavy atom. The predicted octanol–water partition coefficient (Wildman–Crippen LogP) is 0.680. The number of rotatable bonds is 8. The van der Waals surface area contributed by atoms with Crippen molar-refractivity contribution in [2.45, 2.75) is 37.6 Å². The Hall–Kier alpha value is -3.25. The van der Waals surface area contributed by atoms with Gasteiger partial charge < -0.3 is 34.0 Å². The molecule has 1 aromatic carbocycles. The third-order valence-electron chi connectivity index (χ3n) is 9.17. The number of nitrogens with zero attached hydrogens (tertiary/aromatic N) is 4. The number of amides is 3. The van der Waals surface area contributed by atoms with Crippen molar-refractivity contribution in [3.05, 3.63) is 48.6 Å². The molecule has 0 aliphatic carbocycles. The number of anilines is 1. The van der Waals surface area contributed by atoms with E-state index in [4.69, 9.17) is 14.2 Å². The Balaban J connectivity index is 1.32. The van der Waals surface area contributed by atoms with Crippen LogP contribution in [-0.2, 0) is 23.9 Å². The van der Waals surface area contributed by atoms with Gasteiger partial charge in [0.1, 0.15) is 17.4 Å². The molecule has 0 saturated carbocycles. The molecule has 1 unspecified atom stereocenters. The highest BCUT2D eigenvalue weighted by Gasteiger charge is 2.72. The fourth-order valence-electron chi connectivity index (χ4n) is 7.09. The minimum absolute atomic E-state index is 0.222. The average molecular weight is 581 g/mol. The third kappa shape index (κ3) is 4.82. The number of hydrogen-bond acceptors (Lipinski definition) is 8. The zero-order chi connectivity index (χ0) is 29.4. The van der Waals surface area contributed by atoms with Crippen LogP contribution in [0.3, 0.4) is 0 Å². The van der Waals surface area contributed by atoms with Crippen molar-refractivity contribution < 1.29 is 33.7 Å². The van der Waals surface area contributed by atoms with Gasteiger partial charge in [0.25, 0.3) is 0 Å². The van der Waals surface area contributed by atoms with Crippen molar-refractivity contribution >= 4 is 23.4 Å². The van der Waals surface area contributed by atoms with E-state index in [9.17, 15) is 19.5 Å². The van der Waals surface area contributed by atoms with Crippen LogP contribution < -0.4 is 9.64 Å². The van der Waals surface area contributed by atoms with Gasteiger partial charge in [-0.1, -0.05) is 24.3 Å². The molecule has 0 radical (unpaired) electrons. The van der Waals surface area contributed by atoms with Crippen molar-refractivity contribution in [3.8, 4) is 5.75 Å². The quantitative estimate of drug-likeness (QED) is 0.447. The summed E-state index contributed by atoms with van der Waals surface area (Å²) in [5.41, 5.74) is -0.623. The number of carbonyl (C=O) groups excluding carboxylic acids is 3. The zero-order valence-corrected chi connectivity index (χ0v) is 24.3. The molecule has 0 bridgehead atoms. The molecule has 1 N–H and O–H groups in total. The number of aliphatic hydroxyl groups excluding tert-OH is 1. The number of ether oxygens (including phenoxy) is 3. The van der Waals surface area contributed by atoms with E-state index in [-0.39, 0.29) is 24.3 Å².